The standard InChI is InChI=1S/C4H7.C4H9/c1-4-2-3-4;1-3-4-2/h4H,1-3H2;1,3-4H2,2H3. The van der Waals surface area contributed by atoms with Crippen molar-refractivity contribution in [2.45, 2.75) is 32.6 Å². The van der Waals surface area contributed by atoms with Gasteiger partial charge in [-0.15, -0.1) is 0 Å². The highest BCUT2D eigenvalue weighted by Gasteiger charge is 2.12. The summed E-state index contributed by atoms with van der Waals surface area (Å²) >= 11 is 0. The summed E-state index contributed by atoms with van der Waals surface area (Å²) in [7, 11) is 0. The molecular weight excluding hydrogens is 96.1 g/mol. The SMILES string of the molecule is [CH2]C1CC1.[CH2]CCC. The van der Waals surface area contributed by atoms with Gasteiger partial charge in [0.15, 0.2) is 0 Å². The zero-order valence-electron chi connectivity index (χ0n) is 5.82. The largest absolute Gasteiger partial charge is 0.0654 e. The minimum absolute atomic E-state index is 0.833. The average Bonchev–Trinajstić information content (AvgIpc) is 2.52. The van der Waals surface area contributed by atoms with Gasteiger partial charge in [0.2, 0.25) is 0 Å². The molecule has 0 spiro atoms. The number of hydrogen-bond acceptors (Lipinski definition) is 0. The Kier molecular flexibility index (Phi) is 5.14. The fraction of sp³-hybridized carbons (Fsp3) is 0.750. The Morgan fingerprint density at radius 1 is 1.50 bits per heavy atom. The van der Waals surface area contributed by atoms with Crippen LogP contribution in [0.3, 0.4) is 0 Å². The lowest BCUT2D eigenvalue weighted by molar-refractivity contribution is 0.956. The van der Waals surface area contributed by atoms with Gasteiger partial charge in [-0.1, -0.05) is 46.5 Å². The zero-order valence-corrected chi connectivity index (χ0v) is 5.82. The second-order valence-corrected chi connectivity index (χ2v) is 2.30. The van der Waals surface area contributed by atoms with Crippen molar-refractivity contribution >= 4 is 0 Å². The van der Waals surface area contributed by atoms with E-state index >= 15 is 0 Å². The van der Waals surface area contributed by atoms with E-state index in [9.17, 15) is 0 Å². The van der Waals surface area contributed by atoms with Crippen LogP contribution in [0.5, 0.6) is 0 Å². The Hall–Kier alpha value is 0. The molecule has 8 heavy (non-hydrogen) atoms. The van der Waals surface area contributed by atoms with E-state index in [1.807, 2.05) is 0 Å². The van der Waals surface area contributed by atoms with Crippen molar-refractivity contribution in [1.29, 1.82) is 0 Å². The molecule has 0 saturated heterocycles. The van der Waals surface area contributed by atoms with E-state index in [2.05, 4.69) is 20.8 Å². The number of unbranched alkanes of at least 4 members (excludes halogenated alkanes) is 1. The molecule has 1 fully saturated rings. The summed E-state index contributed by atoms with van der Waals surface area (Å²) in [6, 6.07) is 0. The first kappa shape index (κ1) is 8.00. The van der Waals surface area contributed by atoms with Gasteiger partial charge in [0, 0.05) is 0 Å². The van der Waals surface area contributed by atoms with Gasteiger partial charge >= 0.3 is 0 Å². The molecule has 0 heteroatoms. The van der Waals surface area contributed by atoms with Crippen LogP contribution in [0.25, 0.3) is 0 Å². The van der Waals surface area contributed by atoms with Crippen molar-refractivity contribution in [3.8, 4) is 0 Å². The van der Waals surface area contributed by atoms with E-state index < -0.39 is 0 Å². The molecule has 0 heterocycles. The van der Waals surface area contributed by atoms with E-state index in [1.165, 1.54) is 19.3 Å². The quantitative estimate of drug-likeness (QED) is 0.489. The first-order chi connectivity index (χ1) is 3.81. The van der Waals surface area contributed by atoms with Gasteiger partial charge in [-0.25, -0.2) is 0 Å². The second-order valence-electron chi connectivity index (χ2n) is 2.30. The molecule has 48 valence electrons. The molecule has 0 aliphatic heterocycles. The van der Waals surface area contributed by atoms with Gasteiger partial charge in [-0.05, 0) is 5.92 Å². The van der Waals surface area contributed by atoms with Crippen LogP contribution in [0, 0.1) is 19.8 Å². The molecule has 1 aliphatic carbocycles. The fourth-order valence-corrected chi connectivity index (χ4v) is 0.118. The van der Waals surface area contributed by atoms with Crippen LogP contribution in [-0.2, 0) is 0 Å². The number of hydrogen-bond donors (Lipinski definition) is 0. The predicted octanol–water partition coefficient (Wildman–Crippen LogP) is 2.85. The number of rotatable bonds is 1. The smallest absolute Gasteiger partial charge is 0.0414 e. The molecule has 0 atom stereocenters. The van der Waals surface area contributed by atoms with E-state index in [1.54, 1.807) is 0 Å². The zero-order chi connectivity index (χ0) is 6.41. The van der Waals surface area contributed by atoms with Gasteiger partial charge in [-0.2, -0.15) is 0 Å². The Morgan fingerprint density at radius 2 is 1.75 bits per heavy atom. The molecule has 2 radical (unpaired) electrons. The van der Waals surface area contributed by atoms with Crippen molar-refractivity contribution in [2.24, 2.45) is 5.92 Å². The minimum atomic E-state index is 0.833. The molecule has 0 amide bonds. The highest BCUT2D eigenvalue weighted by atomic mass is 14.2. The highest BCUT2D eigenvalue weighted by Crippen LogP contribution is 2.26. The van der Waals surface area contributed by atoms with Crippen molar-refractivity contribution < 1.29 is 0 Å². The van der Waals surface area contributed by atoms with Gasteiger partial charge in [0.05, 0.1) is 0 Å². The summed E-state index contributed by atoms with van der Waals surface area (Å²) in [5, 5.41) is 0. The fourth-order valence-electron chi connectivity index (χ4n) is 0.118. The molecular formula is C8H16. The van der Waals surface area contributed by atoms with Crippen LogP contribution in [0.1, 0.15) is 32.6 Å². The van der Waals surface area contributed by atoms with Crippen molar-refractivity contribution in [2.75, 3.05) is 0 Å². The average molecular weight is 112 g/mol. The summed E-state index contributed by atoms with van der Waals surface area (Å²) in [5.41, 5.74) is 0. The molecule has 0 nitrogen and oxygen atoms in total. The van der Waals surface area contributed by atoms with Crippen LogP contribution in [0.4, 0.5) is 0 Å². The lowest BCUT2D eigenvalue weighted by atomic mass is 10.4. The van der Waals surface area contributed by atoms with E-state index in [0.29, 0.717) is 0 Å². The van der Waals surface area contributed by atoms with Gasteiger partial charge in [0.1, 0.15) is 0 Å². The highest BCUT2D eigenvalue weighted by molar-refractivity contribution is 4.73. The first-order valence-electron chi connectivity index (χ1n) is 3.43. The monoisotopic (exact) mass is 112 g/mol. The molecule has 0 aromatic rings. The summed E-state index contributed by atoms with van der Waals surface area (Å²) in [5.74, 6) is 0.833. The van der Waals surface area contributed by atoms with Crippen LogP contribution in [0.15, 0.2) is 0 Å². The molecule has 0 aromatic heterocycles. The topological polar surface area (TPSA) is 0 Å². The first-order valence-corrected chi connectivity index (χ1v) is 3.43. The minimum Gasteiger partial charge on any atom is -0.0654 e. The normalized spacial score (nSPS) is 16.9. The molecule has 1 rings (SSSR count). The van der Waals surface area contributed by atoms with Gasteiger partial charge in [-0.3, -0.25) is 0 Å². The van der Waals surface area contributed by atoms with E-state index in [0.717, 1.165) is 12.3 Å². The Labute approximate surface area is 53.3 Å². The summed E-state index contributed by atoms with van der Waals surface area (Å²) in [6.07, 6.45) is 5.03. The van der Waals surface area contributed by atoms with Crippen molar-refractivity contribution in [1.82, 2.24) is 0 Å². The van der Waals surface area contributed by atoms with Crippen LogP contribution < -0.4 is 0 Å². The summed E-state index contributed by atoms with van der Waals surface area (Å²) in [6.45, 7) is 9.47. The van der Waals surface area contributed by atoms with Crippen LogP contribution in [0.2, 0.25) is 0 Å². The molecule has 1 aliphatic rings. The lowest BCUT2D eigenvalue weighted by Gasteiger charge is -1.67. The Morgan fingerprint density at radius 3 is 1.75 bits per heavy atom. The molecule has 0 aromatic carbocycles. The molecule has 1 saturated carbocycles. The molecule has 0 N–H and O–H groups in total. The summed E-state index contributed by atoms with van der Waals surface area (Å²) < 4.78 is 0. The Bertz CT molecular complexity index is 33.3. The second kappa shape index (κ2) is 5.14. The van der Waals surface area contributed by atoms with Crippen molar-refractivity contribution in [3.05, 3.63) is 13.8 Å². The maximum absolute atomic E-state index is 3.75. The van der Waals surface area contributed by atoms with Gasteiger partial charge < -0.3 is 0 Å². The summed E-state index contributed by atoms with van der Waals surface area (Å²) in [4.78, 5) is 0. The third-order valence-electron chi connectivity index (χ3n) is 1.05. The third kappa shape index (κ3) is 9.38. The Balaban J connectivity index is 0.000000122. The lowest BCUT2D eigenvalue weighted by Crippen LogP contribution is -1.48. The maximum Gasteiger partial charge on any atom is -0.0414 e. The van der Waals surface area contributed by atoms with E-state index in [-0.39, 0.29) is 0 Å². The van der Waals surface area contributed by atoms with Crippen molar-refractivity contribution in [3.63, 3.8) is 0 Å². The van der Waals surface area contributed by atoms with E-state index in [4.69, 9.17) is 0 Å². The predicted molar refractivity (Wildman–Crippen MR) is 38.3 cm³/mol. The van der Waals surface area contributed by atoms with Gasteiger partial charge in [0.25, 0.3) is 0 Å². The third-order valence-corrected chi connectivity index (χ3v) is 1.05. The maximum atomic E-state index is 3.75. The van der Waals surface area contributed by atoms with Crippen LogP contribution >= 0.6 is 0 Å². The molecule has 0 bridgehead atoms. The van der Waals surface area contributed by atoms with Crippen LogP contribution in [-0.4, -0.2) is 0 Å². The molecule has 0 unspecified atom stereocenters.